The summed E-state index contributed by atoms with van der Waals surface area (Å²) < 4.78 is 9.41. The van der Waals surface area contributed by atoms with Crippen LogP contribution >= 0.6 is 0 Å². The van der Waals surface area contributed by atoms with Crippen LogP contribution in [0.2, 0.25) is 0 Å². The molecule has 0 aromatic carbocycles. The second kappa shape index (κ2) is 8.03. The van der Waals surface area contributed by atoms with Gasteiger partial charge < -0.3 is 20.1 Å². The molecule has 100 valence electrons. The summed E-state index contributed by atoms with van der Waals surface area (Å²) in [5.74, 6) is -0.714. The average Bonchev–Trinajstić information content (AvgIpc) is 2.31. The minimum absolute atomic E-state index is 0.0757. The van der Waals surface area contributed by atoms with Crippen LogP contribution in [0.4, 0.5) is 0 Å². The molecule has 6 nitrogen and oxygen atoms in total. The van der Waals surface area contributed by atoms with Gasteiger partial charge in [0.15, 0.2) is 0 Å². The number of nitrogens with zero attached hydrogens (tertiary/aromatic N) is 1. The van der Waals surface area contributed by atoms with E-state index in [1.54, 1.807) is 7.11 Å². The minimum atomic E-state index is -0.651. The molecule has 0 aromatic heterocycles. The molecular formula is C11H22N2O4. The molecule has 0 fully saturated rings. The van der Waals surface area contributed by atoms with E-state index in [2.05, 4.69) is 4.74 Å². The van der Waals surface area contributed by atoms with Crippen molar-refractivity contribution in [3.05, 3.63) is 0 Å². The van der Waals surface area contributed by atoms with Gasteiger partial charge >= 0.3 is 5.97 Å². The van der Waals surface area contributed by atoms with Crippen molar-refractivity contribution in [2.45, 2.75) is 32.4 Å². The lowest BCUT2D eigenvalue weighted by Crippen LogP contribution is -2.49. The smallest absolute Gasteiger partial charge is 0.325 e. The minimum Gasteiger partial charge on any atom is -0.468 e. The molecule has 6 heteroatoms. The van der Waals surface area contributed by atoms with E-state index in [0.29, 0.717) is 13.0 Å². The van der Waals surface area contributed by atoms with Crippen molar-refractivity contribution in [1.82, 2.24) is 4.90 Å². The summed E-state index contributed by atoms with van der Waals surface area (Å²) in [6.45, 7) is 3.98. The van der Waals surface area contributed by atoms with E-state index < -0.39 is 12.0 Å². The monoisotopic (exact) mass is 246 g/mol. The first-order valence-corrected chi connectivity index (χ1v) is 5.55. The molecule has 0 aliphatic rings. The van der Waals surface area contributed by atoms with E-state index in [4.69, 9.17) is 10.5 Å². The molecule has 1 unspecified atom stereocenters. The molecule has 0 heterocycles. The van der Waals surface area contributed by atoms with Gasteiger partial charge in [0.05, 0.1) is 13.2 Å². The number of nitrogens with two attached hydrogens (primary N) is 1. The fraction of sp³-hybridized carbons (Fsp3) is 0.818. The fourth-order valence-electron chi connectivity index (χ4n) is 1.30. The zero-order valence-corrected chi connectivity index (χ0v) is 10.9. The van der Waals surface area contributed by atoms with Gasteiger partial charge in [-0.1, -0.05) is 0 Å². The average molecular weight is 246 g/mol. The molecule has 17 heavy (non-hydrogen) atoms. The molecule has 0 saturated heterocycles. The van der Waals surface area contributed by atoms with Gasteiger partial charge in [-0.3, -0.25) is 9.59 Å². The van der Waals surface area contributed by atoms with Crippen LogP contribution in [0.1, 0.15) is 20.3 Å². The number of methoxy groups -OCH3 is 2. The fourth-order valence-corrected chi connectivity index (χ4v) is 1.30. The van der Waals surface area contributed by atoms with E-state index in [9.17, 15) is 9.59 Å². The summed E-state index contributed by atoms with van der Waals surface area (Å²) >= 11 is 0. The molecule has 0 aliphatic carbocycles. The standard InChI is InChI=1S/C11H22N2O4/c1-8(2)13(7-10(14)17-4)11(15)9(12)5-6-16-3/h8-9H,5-7,12H2,1-4H3. The van der Waals surface area contributed by atoms with Crippen LogP contribution in [-0.2, 0) is 19.1 Å². The molecule has 1 amide bonds. The van der Waals surface area contributed by atoms with Gasteiger partial charge in [-0.2, -0.15) is 0 Å². The predicted molar refractivity (Wildman–Crippen MR) is 63.3 cm³/mol. The maximum atomic E-state index is 12.0. The molecule has 0 bridgehead atoms. The van der Waals surface area contributed by atoms with Crippen molar-refractivity contribution in [2.24, 2.45) is 5.73 Å². The number of esters is 1. The van der Waals surface area contributed by atoms with Gasteiger partial charge in [0, 0.05) is 19.8 Å². The Morgan fingerprint density at radius 3 is 2.29 bits per heavy atom. The highest BCUT2D eigenvalue weighted by molar-refractivity contribution is 5.85. The Hall–Kier alpha value is -1.14. The van der Waals surface area contributed by atoms with Crippen LogP contribution in [0, 0.1) is 0 Å². The van der Waals surface area contributed by atoms with Crippen LogP contribution in [0.15, 0.2) is 0 Å². The lowest BCUT2D eigenvalue weighted by molar-refractivity contribution is -0.148. The Morgan fingerprint density at radius 1 is 1.29 bits per heavy atom. The summed E-state index contributed by atoms with van der Waals surface area (Å²) in [7, 11) is 2.84. The number of hydrogen-bond acceptors (Lipinski definition) is 5. The topological polar surface area (TPSA) is 81.9 Å². The van der Waals surface area contributed by atoms with Crippen molar-refractivity contribution in [1.29, 1.82) is 0 Å². The van der Waals surface area contributed by atoms with Crippen molar-refractivity contribution in [3.63, 3.8) is 0 Å². The third-order valence-electron chi connectivity index (χ3n) is 2.38. The Kier molecular flexibility index (Phi) is 7.49. The van der Waals surface area contributed by atoms with Crippen LogP contribution in [0.3, 0.4) is 0 Å². The van der Waals surface area contributed by atoms with Crippen LogP contribution in [0.25, 0.3) is 0 Å². The van der Waals surface area contributed by atoms with E-state index in [0.717, 1.165) is 0 Å². The third-order valence-corrected chi connectivity index (χ3v) is 2.38. The van der Waals surface area contributed by atoms with Gasteiger partial charge in [0.1, 0.15) is 6.54 Å². The predicted octanol–water partition coefficient (Wildman–Crippen LogP) is -0.240. The summed E-state index contributed by atoms with van der Waals surface area (Å²) in [6.07, 6.45) is 0.430. The molecule has 0 rings (SSSR count). The molecule has 0 aromatic rings. The maximum absolute atomic E-state index is 12.0. The Balaban J connectivity index is 4.48. The number of rotatable bonds is 7. The molecule has 0 radical (unpaired) electrons. The molecule has 2 N–H and O–H groups in total. The Bertz CT molecular complexity index is 256. The van der Waals surface area contributed by atoms with Crippen LogP contribution < -0.4 is 5.73 Å². The number of amides is 1. The van der Waals surface area contributed by atoms with E-state index in [-0.39, 0.29) is 18.5 Å². The lowest BCUT2D eigenvalue weighted by atomic mass is 10.1. The SMILES string of the molecule is COCCC(N)C(=O)N(CC(=O)OC)C(C)C. The second-order valence-electron chi connectivity index (χ2n) is 4.02. The highest BCUT2D eigenvalue weighted by Crippen LogP contribution is 2.04. The van der Waals surface area contributed by atoms with E-state index in [1.807, 2.05) is 13.8 Å². The van der Waals surface area contributed by atoms with Gasteiger partial charge in [0.25, 0.3) is 0 Å². The number of carbonyl (C=O) groups is 2. The summed E-state index contributed by atoms with van der Waals surface area (Å²) in [5.41, 5.74) is 5.74. The van der Waals surface area contributed by atoms with Gasteiger partial charge in [-0.15, -0.1) is 0 Å². The van der Waals surface area contributed by atoms with Crippen LogP contribution in [-0.4, -0.2) is 56.2 Å². The molecule has 0 saturated carbocycles. The first-order chi connectivity index (χ1) is 7.93. The number of hydrogen-bond donors (Lipinski definition) is 1. The Morgan fingerprint density at radius 2 is 1.88 bits per heavy atom. The number of carbonyl (C=O) groups excluding carboxylic acids is 2. The first kappa shape index (κ1) is 15.9. The van der Waals surface area contributed by atoms with Gasteiger partial charge in [-0.05, 0) is 20.3 Å². The van der Waals surface area contributed by atoms with E-state index >= 15 is 0 Å². The first-order valence-electron chi connectivity index (χ1n) is 5.55. The lowest BCUT2D eigenvalue weighted by Gasteiger charge is -2.28. The van der Waals surface area contributed by atoms with Gasteiger partial charge in [-0.25, -0.2) is 0 Å². The summed E-state index contributed by atoms with van der Waals surface area (Å²) in [6, 6.07) is -0.753. The Labute approximate surface area is 102 Å². The van der Waals surface area contributed by atoms with Crippen molar-refractivity contribution < 1.29 is 19.1 Å². The summed E-state index contributed by atoms with van der Waals surface area (Å²) in [4.78, 5) is 24.6. The normalized spacial score (nSPS) is 12.4. The van der Waals surface area contributed by atoms with E-state index in [1.165, 1.54) is 12.0 Å². The molecule has 1 atom stereocenters. The molecule has 0 aliphatic heterocycles. The number of ether oxygens (including phenoxy) is 2. The molecular weight excluding hydrogens is 224 g/mol. The summed E-state index contributed by atoms with van der Waals surface area (Å²) in [5, 5.41) is 0. The highest BCUT2D eigenvalue weighted by atomic mass is 16.5. The van der Waals surface area contributed by atoms with Crippen molar-refractivity contribution >= 4 is 11.9 Å². The highest BCUT2D eigenvalue weighted by Gasteiger charge is 2.25. The largest absolute Gasteiger partial charge is 0.468 e. The zero-order chi connectivity index (χ0) is 13.4. The zero-order valence-electron chi connectivity index (χ0n) is 10.9. The van der Waals surface area contributed by atoms with Gasteiger partial charge in [0.2, 0.25) is 5.91 Å². The quantitative estimate of drug-likeness (QED) is 0.627. The molecule has 0 spiro atoms. The van der Waals surface area contributed by atoms with Crippen molar-refractivity contribution in [2.75, 3.05) is 27.4 Å². The van der Waals surface area contributed by atoms with Crippen molar-refractivity contribution in [3.8, 4) is 0 Å². The third kappa shape index (κ3) is 5.65. The van der Waals surface area contributed by atoms with Crippen LogP contribution in [0.5, 0.6) is 0 Å². The maximum Gasteiger partial charge on any atom is 0.325 e. The second-order valence-corrected chi connectivity index (χ2v) is 4.02.